The van der Waals surface area contributed by atoms with Crippen LogP contribution in [0.3, 0.4) is 0 Å². The van der Waals surface area contributed by atoms with Crippen LogP contribution in [-0.2, 0) is 6.42 Å². The Bertz CT molecular complexity index is 659. The van der Waals surface area contributed by atoms with Gasteiger partial charge in [0.1, 0.15) is 0 Å². The molecular formula is C17H21N3O2S. The number of nitrogen functional groups attached to an aromatic ring is 1. The molecule has 0 aromatic heterocycles. The third-order valence-corrected chi connectivity index (χ3v) is 3.56. The lowest BCUT2D eigenvalue weighted by atomic mass is 10.1. The molecule has 5 nitrogen and oxygen atoms in total. The molecule has 0 heterocycles. The van der Waals surface area contributed by atoms with Crippen LogP contribution in [0.15, 0.2) is 42.5 Å². The highest BCUT2D eigenvalue weighted by Crippen LogP contribution is 2.27. The van der Waals surface area contributed by atoms with Crippen LogP contribution in [0.25, 0.3) is 0 Å². The highest BCUT2D eigenvalue weighted by atomic mass is 32.1. The molecule has 0 saturated heterocycles. The van der Waals surface area contributed by atoms with Gasteiger partial charge in [-0.1, -0.05) is 6.07 Å². The SMILES string of the molecule is COc1ccc(CCNC(=S)Nc2ccc(N)cc2)cc1OC. The molecule has 0 spiro atoms. The molecule has 0 bridgehead atoms. The van der Waals surface area contributed by atoms with E-state index in [-0.39, 0.29) is 0 Å². The molecule has 0 fully saturated rings. The van der Waals surface area contributed by atoms with Gasteiger partial charge in [0.15, 0.2) is 16.6 Å². The van der Waals surface area contributed by atoms with Gasteiger partial charge < -0.3 is 25.8 Å². The van der Waals surface area contributed by atoms with Crippen LogP contribution in [0.1, 0.15) is 5.56 Å². The Morgan fingerprint density at radius 1 is 1.04 bits per heavy atom. The molecule has 0 aliphatic heterocycles. The summed E-state index contributed by atoms with van der Waals surface area (Å²) in [6.45, 7) is 0.719. The second kappa shape index (κ2) is 8.24. The second-order valence-corrected chi connectivity index (χ2v) is 5.35. The van der Waals surface area contributed by atoms with Crippen molar-refractivity contribution in [1.82, 2.24) is 5.32 Å². The summed E-state index contributed by atoms with van der Waals surface area (Å²) in [5.41, 5.74) is 8.43. The summed E-state index contributed by atoms with van der Waals surface area (Å²) in [5, 5.41) is 6.87. The largest absolute Gasteiger partial charge is 0.493 e. The lowest BCUT2D eigenvalue weighted by molar-refractivity contribution is 0.354. The van der Waals surface area contributed by atoms with Gasteiger partial charge in [-0.2, -0.15) is 0 Å². The fourth-order valence-corrected chi connectivity index (χ4v) is 2.32. The van der Waals surface area contributed by atoms with Gasteiger partial charge in [0.05, 0.1) is 14.2 Å². The summed E-state index contributed by atoms with van der Waals surface area (Å²) in [6.07, 6.45) is 0.823. The Balaban J connectivity index is 1.82. The summed E-state index contributed by atoms with van der Waals surface area (Å²) in [4.78, 5) is 0. The molecular weight excluding hydrogens is 310 g/mol. The third-order valence-electron chi connectivity index (χ3n) is 3.32. The smallest absolute Gasteiger partial charge is 0.170 e. The molecule has 0 amide bonds. The number of rotatable bonds is 6. The Morgan fingerprint density at radius 3 is 2.39 bits per heavy atom. The van der Waals surface area contributed by atoms with Crippen molar-refractivity contribution < 1.29 is 9.47 Å². The Hall–Kier alpha value is -2.47. The molecule has 0 aliphatic rings. The average Bonchev–Trinajstić information content (AvgIpc) is 2.56. The first-order valence-electron chi connectivity index (χ1n) is 7.23. The first-order chi connectivity index (χ1) is 11.1. The van der Waals surface area contributed by atoms with Gasteiger partial charge in [0, 0.05) is 17.9 Å². The van der Waals surface area contributed by atoms with E-state index >= 15 is 0 Å². The number of methoxy groups -OCH3 is 2. The molecule has 6 heteroatoms. The van der Waals surface area contributed by atoms with Crippen LogP contribution in [0.5, 0.6) is 11.5 Å². The molecule has 2 rings (SSSR count). The van der Waals surface area contributed by atoms with Crippen molar-refractivity contribution in [3.63, 3.8) is 0 Å². The minimum atomic E-state index is 0.579. The van der Waals surface area contributed by atoms with Crippen molar-refractivity contribution in [3.05, 3.63) is 48.0 Å². The van der Waals surface area contributed by atoms with Gasteiger partial charge in [-0.05, 0) is 60.6 Å². The lowest BCUT2D eigenvalue weighted by Crippen LogP contribution is -2.30. The maximum atomic E-state index is 5.65. The summed E-state index contributed by atoms with van der Waals surface area (Å²) >= 11 is 5.27. The molecule has 4 N–H and O–H groups in total. The molecule has 0 atom stereocenters. The van der Waals surface area contributed by atoms with E-state index in [9.17, 15) is 0 Å². The summed E-state index contributed by atoms with van der Waals surface area (Å²) in [5.74, 6) is 1.46. The fraction of sp³-hybridized carbons (Fsp3) is 0.235. The molecule has 2 aromatic rings. The van der Waals surface area contributed by atoms with Crippen molar-refractivity contribution in [2.45, 2.75) is 6.42 Å². The first-order valence-corrected chi connectivity index (χ1v) is 7.64. The quantitative estimate of drug-likeness (QED) is 0.559. The molecule has 2 aromatic carbocycles. The second-order valence-electron chi connectivity index (χ2n) is 4.94. The maximum absolute atomic E-state index is 5.65. The van der Waals surface area contributed by atoms with Gasteiger partial charge >= 0.3 is 0 Å². The van der Waals surface area contributed by atoms with Crippen LogP contribution in [0.2, 0.25) is 0 Å². The molecule has 0 aliphatic carbocycles. The lowest BCUT2D eigenvalue weighted by Gasteiger charge is -2.12. The van der Waals surface area contributed by atoms with Gasteiger partial charge in [-0.3, -0.25) is 0 Å². The highest BCUT2D eigenvalue weighted by Gasteiger charge is 2.04. The molecule has 0 unspecified atom stereocenters. The number of nitrogens with two attached hydrogens (primary N) is 1. The van der Waals surface area contributed by atoms with E-state index in [0.29, 0.717) is 5.11 Å². The molecule has 23 heavy (non-hydrogen) atoms. The van der Waals surface area contributed by atoms with E-state index < -0.39 is 0 Å². The topological polar surface area (TPSA) is 68.5 Å². The normalized spacial score (nSPS) is 10.0. The zero-order valence-electron chi connectivity index (χ0n) is 13.3. The Kier molecular flexibility index (Phi) is 6.05. The average molecular weight is 331 g/mol. The zero-order chi connectivity index (χ0) is 16.7. The standard InChI is InChI=1S/C17H21N3O2S/c1-21-15-8-3-12(11-16(15)22-2)9-10-19-17(23)20-14-6-4-13(18)5-7-14/h3-8,11H,9-10,18H2,1-2H3,(H2,19,20,23). The van der Waals surface area contributed by atoms with Gasteiger partial charge in [-0.15, -0.1) is 0 Å². The van der Waals surface area contributed by atoms with E-state index in [4.69, 9.17) is 27.4 Å². The monoisotopic (exact) mass is 331 g/mol. The fourth-order valence-electron chi connectivity index (χ4n) is 2.10. The van der Waals surface area contributed by atoms with Crippen LogP contribution >= 0.6 is 12.2 Å². The summed E-state index contributed by atoms with van der Waals surface area (Å²) in [6, 6.07) is 13.3. The predicted octanol–water partition coefficient (Wildman–Crippen LogP) is 2.82. The van der Waals surface area contributed by atoms with Crippen molar-refractivity contribution in [3.8, 4) is 11.5 Å². The van der Waals surface area contributed by atoms with Gasteiger partial charge in [-0.25, -0.2) is 0 Å². The Labute approximate surface area is 141 Å². The summed E-state index contributed by atoms with van der Waals surface area (Å²) in [7, 11) is 3.26. The number of hydrogen-bond donors (Lipinski definition) is 3. The van der Waals surface area contributed by atoms with Gasteiger partial charge in [0.2, 0.25) is 0 Å². The van der Waals surface area contributed by atoms with Crippen LogP contribution in [0.4, 0.5) is 11.4 Å². The van der Waals surface area contributed by atoms with E-state index in [1.54, 1.807) is 14.2 Å². The zero-order valence-corrected chi connectivity index (χ0v) is 14.1. The number of hydrogen-bond acceptors (Lipinski definition) is 4. The highest BCUT2D eigenvalue weighted by molar-refractivity contribution is 7.80. The third kappa shape index (κ3) is 5.03. The number of benzene rings is 2. The van der Waals surface area contributed by atoms with Crippen LogP contribution in [0, 0.1) is 0 Å². The molecule has 0 radical (unpaired) electrons. The van der Waals surface area contributed by atoms with E-state index in [1.165, 1.54) is 0 Å². The van der Waals surface area contributed by atoms with E-state index in [0.717, 1.165) is 41.4 Å². The predicted molar refractivity (Wildman–Crippen MR) is 98.3 cm³/mol. The number of nitrogens with one attached hydrogen (secondary N) is 2. The molecule has 122 valence electrons. The van der Waals surface area contributed by atoms with Gasteiger partial charge in [0.25, 0.3) is 0 Å². The van der Waals surface area contributed by atoms with Crippen LogP contribution in [-0.4, -0.2) is 25.9 Å². The minimum absolute atomic E-state index is 0.579. The van der Waals surface area contributed by atoms with Crippen molar-refractivity contribution in [2.75, 3.05) is 31.8 Å². The Morgan fingerprint density at radius 2 is 1.74 bits per heavy atom. The van der Waals surface area contributed by atoms with Crippen molar-refractivity contribution in [2.24, 2.45) is 0 Å². The minimum Gasteiger partial charge on any atom is -0.493 e. The van der Waals surface area contributed by atoms with Crippen molar-refractivity contribution >= 4 is 28.7 Å². The molecule has 0 saturated carbocycles. The van der Waals surface area contributed by atoms with Crippen molar-refractivity contribution in [1.29, 1.82) is 0 Å². The number of ether oxygens (including phenoxy) is 2. The van der Waals surface area contributed by atoms with E-state index in [2.05, 4.69) is 10.6 Å². The van der Waals surface area contributed by atoms with E-state index in [1.807, 2.05) is 42.5 Å². The maximum Gasteiger partial charge on any atom is 0.170 e. The number of anilines is 2. The summed E-state index contributed by atoms with van der Waals surface area (Å²) < 4.78 is 10.5. The van der Waals surface area contributed by atoms with Crippen LogP contribution < -0.4 is 25.8 Å². The first kappa shape index (κ1) is 16.9. The number of thiocarbonyl (C=S) groups is 1.